The minimum atomic E-state index is -3.10. The van der Waals surface area contributed by atoms with Crippen LogP contribution in [0.1, 0.15) is 38.2 Å². The van der Waals surface area contributed by atoms with Gasteiger partial charge in [0.15, 0.2) is 0 Å². The molecule has 0 bridgehead atoms. The van der Waals surface area contributed by atoms with Crippen molar-refractivity contribution in [2.45, 2.75) is 50.8 Å². The highest BCUT2D eigenvalue weighted by atomic mass is 35.5. The number of benzene rings is 1. The van der Waals surface area contributed by atoms with Crippen molar-refractivity contribution in [3.63, 3.8) is 0 Å². The van der Waals surface area contributed by atoms with Gasteiger partial charge >= 0.3 is 0 Å². The van der Waals surface area contributed by atoms with Crippen molar-refractivity contribution < 1.29 is 13.2 Å². The normalized spacial score (nSPS) is 29.3. The molecule has 8 heteroatoms. The predicted molar refractivity (Wildman–Crippen MR) is 125 cm³/mol. The van der Waals surface area contributed by atoms with E-state index in [9.17, 15) is 8.42 Å². The molecule has 0 aromatic heterocycles. The number of hydrogen-bond acceptors (Lipinski definition) is 5. The first-order valence-electron chi connectivity index (χ1n) is 11.1. The molecule has 1 aromatic carbocycles. The summed E-state index contributed by atoms with van der Waals surface area (Å²) in [7, 11) is -0.942. The quantitative estimate of drug-likeness (QED) is 0.613. The van der Waals surface area contributed by atoms with Crippen molar-refractivity contribution in [2.75, 3.05) is 39.5 Å². The Labute approximate surface area is 191 Å². The van der Waals surface area contributed by atoms with Crippen molar-refractivity contribution in [1.82, 2.24) is 14.1 Å². The molecule has 2 aliphatic carbocycles. The van der Waals surface area contributed by atoms with Crippen LogP contribution in [0.3, 0.4) is 0 Å². The molecular weight excluding hydrogens is 434 g/mol. The molecule has 3 atom stereocenters. The number of ether oxygens (including phenoxy) is 1. The first kappa shape index (κ1) is 22.9. The second-order valence-corrected chi connectivity index (χ2v) is 11.9. The lowest BCUT2D eigenvalue weighted by Crippen LogP contribution is -2.54. The number of rotatable bonds is 7. The summed E-state index contributed by atoms with van der Waals surface area (Å²) in [6.07, 6.45) is 6.01. The van der Waals surface area contributed by atoms with E-state index in [0.717, 1.165) is 49.5 Å². The van der Waals surface area contributed by atoms with Crippen LogP contribution in [0.2, 0.25) is 5.02 Å². The van der Waals surface area contributed by atoms with E-state index in [0.29, 0.717) is 24.0 Å². The number of allylic oxidation sites excluding steroid dienone is 1. The molecule has 0 spiro atoms. The maximum absolute atomic E-state index is 11.7. The number of halogens is 1. The summed E-state index contributed by atoms with van der Waals surface area (Å²) in [5.41, 5.74) is 2.44. The number of piperazine rings is 1. The molecule has 0 amide bonds. The molecule has 1 aliphatic heterocycles. The third kappa shape index (κ3) is 4.61. The predicted octanol–water partition coefficient (Wildman–Crippen LogP) is 3.57. The van der Waals surface area contributed by atoms with Gasteiger partial charge in [0.1, 0.15) is 11.9 Å². The third-order valence-corrected chi connectivity index (χ3v) is 9.15. The summed E-state index contributed by atoms with van der Waals surface area (Å²) in [6.45, 7) is 9.51. The van der Waals surface area contributed by atoms with Gasteiger partial charge in [-0.2, -0.15) is 4.31 Å². The zero-order chi connectivity index (χ0) is 22.4. The van der Waals surface area contributed by atoms with Crippen molar-refractivity contribution in [3.05, 3.63) is 41.1 Å². The second-order valence-electron chi connectivity index (χ2n) is 9.52. The first-order valence-corrected chi connectivity index (χ1v) is 13.3. The van der Waals surface area contributed by atoms with Gasteiger partial charge in [-0.1, -0.05) is 24.2 Å². The summed E-state index contributed by atoms with van der Waals surface area (Å²) in [4.78, 5) is 4.62. The van der Waals surface area contributed by atoms with Crippen LogP contribution in [0, 0.1) is 5.92 Å². The molecule has 1 aromatic rings. The fourth-order valence-corrected chi connectivity index (χ4v) is 6.60. The Balaban J connectivity index is 1.34. The van der Waals surface area contributed by atoms with Crippen LogP contribution >= 0.6 is 11.6 Å². The van der Waals surface area contributed by atoms with Crippen LogP contribution in [0.25, 0.3) is 0 Å². The monoisotopic (exact) mass is 467 g/mol. The van der Waals surface area contributed by atoms with E-state index in [2.05, 4.69) is 36.4 Å². The molecule has 6 nitrogen and oxygen atoms in total. The van der Waals surface area contributed by atoms with Crippen LogP contribution in [-0.2, 0) is 16.6 Å². The highest BCUT2D eigenvalue weighted by Crippen LogP contribution is 2.55. The zero-order valence-electron chi connectivity index (χ0n) is 18.8. The van der Waals surface area contributed by atoms with Crippen molar-refractivity contribution in [2.24, 2.45) is 5.92 Å². The lowest BCUT2D eigenvalue weighted by atomic mass is 9.68. The van der Waals surface area contributed by atoms with Gasteiger partial charge in [-0.05, 0) is 49.8 Å². The van der Waals surface area contributed by atoms with E-state index in [1.54, 1.807) is 4.31 Å². The number of nitrogens with zero attached hydrogens (tertiary/aromatic N) is 3. The van der Waals surface area contributed by atoms with Crippen LogP contribution < -0.4 is 4.74 Å². The van der Waals surface area contributed by atoms with Crippen LogP contribution in [0.5, 0.6) is 5.75 Å². The topological polar surface area (TPSA) is 53.1 Å². The summed E-state index contributed by atoms with van der Waals surface area (Å²) >= 11 is 6.59. The maximum Gasteiger partial charge on any atom is 0.211 e. The standard InChI is InChI=1S/C23H34ClN3O3S/c1-17(2)25(3)23-8-7-19(23)14-20(15-23)30-22-6-5-18(13-21(22)24)16-26-9-11-27(12-10-26)31(4,28)29/h5-6,13,19-20H,1,7-12,14-16H2,2-4H3. The Bertz CT molecular complexity index is 945. The minimum absolute atomic E-state index is 0.182. The zero-order valence-corrected chi connectivity index (χ0v) is 20.4. The molecule has 172 valence electrons. The van der Waals surface area contributed by atoms with E-state index >= 15 is 0 Å². The lowest BCUT2D eigenvalue weighted by Gasteiger charge is -2.52. The molecule has 3 aliphatic rings. The number of fused-ring (bicyclic) bond motifs is 1. The molecule has 4 rings (SSSR count). The Morgan fingerprint density at radius 1 is 1.32 bits per heavy atom. The molecule has 31 heavy (non-hydrogen) atoms. The molecule has 3 fully saturated rings. The Hall–Kier alpha value is -1.28. The SMILES string of the molecule is C=C(C)N(C)C12CCC1CC(Oc1ccc(CN3CCN(S(C)(=O)=O)CC3)cc1Cl)C2. The van der Waals surface area contributed by atoms with E-state index in [4.69, 9.17) is 16.3 Å². The fraction of sp³-hybridized carbons (Fsp3) is 0.652. The van der Waals surface area contributed by atoms with Crippen molar-refractivity contribution in [3.8, 4) is 5.75 Å². The van der Waals surface area contributed by atoms with E-state index in [-0.39, 0.29) is 11.6 Å². The van der Waals surface area contributed by atoms with Gasteiger partial charge in [-0.15, -0.1) is 0 Å². The Morgan fingerprint density at radius 3 is 2.58 bits per heavy atom. The van der Waals surface area contributed by atoms with Gasteiger partial charge < -0.3 is 9.64 Å². The maximum atomic E-state index is 11.7. The summed E-state index contributed by atoms with van der Waals surface area (Å²) in [5, 5.41) is 0.647. The third-order valence-electron chi connectivity index (χ3n) is 7.55. The average molecular weight is 468 g/mol. The van der Waals surface area contributed by atoms with Crippen LogP contribution in [0.4, 0.5) is 0 Å². The summed E-state index contributed by atoms with van der Waals surface area (Å²) < 4.78 is 31.3. The molecule has 2 saturated carbocycles. The highest BCUT2D eigenvalue weighted by molar-refractivity contribution is 7.88. The van der Waals surface area contributed by atoms with Gasteiger partial charge in [-0.25, -0.2) is 8.42 Å². The van der Waals surface area contributed by atoms with Gasteiger partial charge in [0.2, 0.25) is 10.0 Å². The summed E-state index contributed by atoms with van der Waals surface area (Å²) in [5.74, 6) is 1.43. The van der Waals surface area contributed by atoms with Crippen LogP contribution in [0.15, 0.2) is 30.5 Å². The highest BCUT2D eigenvalue weighted by Gasteiger charge is 2.56. The minimum Gasteiger partial charge on any atom is -0.489 e. The molecule has 1 heterocycles. The average Bonchev–Trinajstić information content (AvgIpc) is 2.94. The lowest BCUT2D eigenvalue weighted by molar-refractivity contribution is 0.0176. The fourth-order valence-electron chi connectivity index (χ4n) is 5.53. The van der Waals surface area contributed by atoms with E-state index in [1.165, 1.54) is 19.1 Å². The first-order chi connectivity index (χ1) is 14.6. The van der Waals surface area contributed by atoms with E-state index < -0.39 is 10.0 Å². The van der Waals surface area contributed by atoms with Gasteiger partial charge in [-0.3, -0.25) is 4.90 Å². The van der Waals surface area contributed by atoms with Crippen LogP contribution in [-0.4, -0.2) is 73.6 Å². The second kappa shape index (κ2) is 8.58. The van der Waals surface area contributed by atoms with Crippen molar-refractivity contribution >= 4 is 21.6 Å². The number of sulfonamides is 1. The number of hydrogen-bond donors (Lipinski definition) is 0. The Morgan fingerprint density at radius 2 is 2.03 bits per heavy atom. The smallest absolute Gasteiger partial charge is 0.211 e. The summed E-state index contributed by atoms with van der Waals surface area (Å²) in [6, 6.07) is 6.04. The van der Waals surface area contributed by atoms with Gasteiger partial charge in [0.25, 0.3) is 0 Å². The molecular formula is C23H34ClN3O3S. The molecule has 1 saturated heterocycles. The largest absolute Gasteiger partial charge is 0.489 e. The van der Waals surface area contributed by atoms with Crippen molar-refractivity contribution in [1.29, 1.82) is 0 Å². The van der Waals surface area contributed by atoms with Gasteiger partial charge in [0, 0.05) is 57.4 Å². The molecule has 3 unspecified atom stereocenters. The molecule has 0 radical (unpaired) electrons. The van der Waals surface area contributed by atoms with E-state index in [1.807, 2.05) is 12.1 Å². The Kier molecular flexibility index (Phi) is 6.34. The van der Waals surface area contributed by atoms with Gasteiger partial charge in [0.05, 0.1) is 11.3 Å². The molecule has 0 N–H and O–H groups in total.